The molecule has 0 radical (unpaired) electrons. The summed E-state index contributed by atoms with van der Waals surface area (Å²) in [6, 6.07) is 19.8. The number of rotatable bonds is 7. The van der Waals surface area contributed by atoms with E-state index in [1.54, 1.807) is 24.3 Å². The molecule has 1 atom stereocenters. The number of amides is 1. The number of anilines is 1. The smallest absolute Gasteiger partial charge is 0.254 e. The number of hydrogen-bond donors (Lipinski definition) is 1. The molecule has 0 bridgehead atoms. The normalized spacial score (nSPS) is 11.5. The fraction of sp³-hybridized carbons (Fsp3) is 0.0741. The largest absolute Gasteiger partial charge is 0.323 e. The van der Waals surface area contributed by atoms with Gasteiger partial charge in [0.25, 0.3) is 5.56 Å². The van der Waals surface area contributed by atoms with Crippen LogP contribution in [-0.2, 0) is 11.2 Å². The minimum atomic E-state index is -0.926. The summed E-state index contributed by atoms with van der Waals surface area (Å²) in [5.41, 5.74) is 2.44. The molecule has 3 aromatic heterocycles. The van der Waals surface area contributed by atoms with Crippen LogP contribution in [0.25, 0.3) is 16.9 Å². The van der Waals surface area contributed by atoms with E-state index in [0.717, 1.165) is 5.56 Å². The molecule has 1 N–H and O–H groups in total. The van der Waals surface area contributed by atoms with E-state index < -0.39 is 17.5 Å². The van der Waals surface area contributed by atoms with E-state index in [2.05, 4.69) is 25.6 Å². The van der Waals surface area contributed by atoms with Gasteiger partial charge < -0.3 is 5.32 Å². The summed E-state index contributed by atoms with van der Waals surface area (Å²) in [7, 11) is 0. The zero-order valence-electron chi connectivity index (χ0n) is 20.1. The van der Waals surface area contributed by atoms with Crippen LogP contribution in [0.2, 0.25) is 10.2 Å². The van der Waals surface area contributed by atoms with Gasteiger partial charge in [-0.15, -0.1) is 5.10 Å². The highest BCUT2D eigenvalue weighted by Crippen LogP contribution is 2.28. The van der Waals surface area contributed by atoms with Gasteiger partial charge in [0.2, 0.25) is 5.91 Å². The van der Waals surface area contributed by atoms with Crippen LogP contribution in [-0.4, -0.2) is 35.4 Å². The molecule has 10 nitrogen and oxygen atoms in total. The summed E-state index contributed by atoms with van der Waals surface area (Å²) in [5.74, 6) is -0.442. The van der Waals surface area contributed by atoms with E-state index in [9.17, 15) is 9.59 Å². The monoisotopic (exact) mass is 556 g/mol. The minimum absolute atomic E-state index is 0.200. The Labute approximate surface area is 232 Å². The Bertz CT molecular complexity index is 1740. The maximum absolute atomic E-state index is 13.4. The van der Waals surface area contributed by atoms with Crippen molar-refractivity contribution in [1.29, 1.82) is 5.26 Å². The van der Waals surface area contributed by atoms with Crippen molar-refractivity contribution in [3.05, 3.63) is 117 Å². The summed E-state index contributed by atoms with van der Waals surface area (Å²) >= 11 is 12.2. The van der Waals surface area contributed by atoms with Crippen molar-refractivity contribution in [2.24, 2.45) is 0 Å². The number of halogens is 2. The standard InChI is InChI=1S/C27H18Cl2N8O2/c28-18-6-9-23(37-15-25(29)34-35-37)21(11-18)22-12-26(38)36(16-32-22)24(10-17-4-2-1-3-5-17)27(39)33-20-8-7-19(13-30)31-14-20/h1-9,11-12,14-16,24H,10H2,(H,33,39)/t24-/m0/s1. The first-order chi connectivity index (χ1) is 18.9. The molecule has 2 aromatic carbocycles. The van der Waals surface area contributed by atoms with Crippen LogP contribution < -0.4 is 10.9 Å². The van der Waals surface area contributed by atoms with Crippen LogP contribution in [0.1, 0.15) is 17.3 Å². The van der Waals surface area contributed by atoms with Gasteiger partial charge in [0, 0.05) is 23.1 Å². The van der Waals surface area contributed by atoms with Crippen molar-refractivity contribution < 1.29 is 4.79 Å². The van der Waals surface area contributed by atoms with Crippen molar-refractivity contribution in [1.82, 2.24) is 29.5 Å². The molecule has 12 heteroatoms. The Morgan fingerprint density at radius 1 is 1.05 bits per heavy atom. The lowest BCUT2D eigenvalue weighted by atomic mass is 10.0. The Morgan fingerprint density at radius 3 is 2.54 bits per heavy atom. The number of carbonyl (C=O) groups is 1. The molecule has 39 heavy (non-hydrogen) atoms. The van der Waals surface area contributed by atoms with E-state index in [1.807, 2.05) is 36.4 Å². The zero-order valence-corrected chi connectivity index (χ0v) is 21.6. The lowest BCUT2D eigenvalue weighted by molar-refractivity contribution is -0.119. The lowest BCUT2D eigenvalue weighted by Crippen LogP contribution is -2.34. The third kappa shape index (κ3) is 5.85. The number of carbonyl (C=O) groups excluding carboxylic acids is 1. The third-order valence-corrected chi connectivity index (χ3v) is 6.25. The van der Waals surface area contributed by atoms with Crippen LogP contribution >= 0.6 is 23.2 Å². The van der Waals surface area contributed by atoms with Gasteiger partial charge in [0.1, 0.15) is 17.8 Å². The van der Waals surface area contributed by atoms with E-state index in [1.165, 1.54) is 40.1 Å². The summed E-state index contributed by atoms with van der Waals surface area (Å²) < 4.78 is 2.73. The fourth-order valence-electron chi connectivity index (χ4n) is 3.98. The fourth-order valence-corrected chi connectivity index (χ4v) is 4.28. The van der Waals surface area contributed by atoms with Crippen molar-refractivity contribution in [2.45, 2.75) is 12.5 Å². The summed E-state index contributed by atoms with van der Waals surface area (Å²) in [6.07, 6.45) is 4.48. The van der Waals surface area contributed by atoms with Crippen LogP contribution in [0.3, 0.4) is 0 Å². The molecule has 0 aliphatic heterocycles. The molecule has 0 unspecified atom stereocenters. The average molecular weight is 557 g/mol. The average Bonchev–Trinajstić information content (AvgIpc) is 3.38. The number of hydrogen-bond acceptors (Lipinski definition) is 7. The van der Waals surface area contributed by atoms with Crippen LogP contribution in [0.4, 0.5) is 5.69 Å². The highest BCUT2D eigenvalue weighted by Gasteiger charge is 2.24. The highest BCUT2D eigenvalue weighted by molar-refractivity contribution is 6.31. The van der Waals surface area contributed by atoms with E-state index in [0.29, 0.717) is 27.7 Å². The Balaban J connectivity index is 1.52. The Hall–Kier alpha value is -4.85. The number of nitrogens with zero attached hydrogens (tertiary/aromatic N) is 7. The third-order valence-electron chi connectivity index (χ3n) is 5.84. The van der Waals surface area contributed by atoms with Gasteiger partial charge in [-0.05, 0) is 35.9 Å². The number of nitriles is 1. The number of benzene rings is 2. The van der Waals surface area contributed by atoms with Crippen molar-refractivity contribution in [3.8, 4) is 23.0 Å². The second kappa shape index (κ2) is 11.3. The van der Waals surface area contributed by atoms with Crippen LogP contribution in [0.5, 0.6) is 0 Å². The lowest BCUT2D eigenvalue weighted by Gasteiger charge is -2.20. The van der Waals surface area contributed by atoms with Gasteiger partial charge in [0.05, 0.1) is 35.8 Å². The van der Waals surface area contributed by atoms with Crippen LogP contribution in [0.15, 0.2) is 90.2 Å². The molecule has 192 valence electrons. The highest BCUT2D eigenvalue weighted by atomic mass is 35.5. The maximum Gasteiger partial charge on any atom is 0.254 e. The zero-order chi connectivity index (χ0) is 27.4. The molecular weight excluding hydrogens is 539 g/mol. The van der Waals surface area contributed by atoms with Gasteiger partial charge in [-0.2, -0.15) is 5.26 Å². The van der Waals surface area contributed by atoms with Crippen molar-refractivity contribution in [2.75, 3.05) is 5.32 Å². The van der Waals surface area contributed by atoms with Crippen LogP contribution in [0, 0.1) is 11.3 Å². The summed E-state index contributed by atoms with van der Waals surface area (Å²) in [5, 5.41) is 20.2. The minimum Gasteiger partial charge on any atom is -0.323 e. The molecule has 0 spiro atoms. The van der Waals surface area contributed by atoms with E-state index >= 15 is 0 Å². The van der Waals surface area contributed by atoms with Gasteiger partial charge in [0.15, 0.2) is 5.15 Å². The Morgan fingerprint density at radius 2 is 1.87 bits per heavy atom. The SMILES string of the molecule is N#Cc1ccc(NC(=O)[C@H](Cc2ccccc2)n2cnc(-c3cc(Cl)ccc3-n3cc(Cl)nn3)cc2=O)cn1. The molecule has 5 rings (SSSR count). The molecule has 1 amide bonds. The summed E-state index contributed by atoms with van der Waals surface area (Å²) in [4.78, 5) is 35.3. The molecule has 0 aliphatic carbocycles. The molecule has 0 saturated heterocycles. The van der Waals surface area contributed by atoms with Gasteiger partial charge in [-0.3, -0.25) is 14.2 Å². The van der Waals surface area contributed by atoms with Crippen molar-refractivity contribution >= 4 is 34.8 Å². The summed E-state index contributed by atoms with van der Waals surface area (Å²) in [6.45, 7) is 0. The number of nitrogens with one attached hydrogen (secondary N) is 1. The van der Waals surface area contributed by atoms with Gasteiger partial charge >= 0.3 is 0 Å². The van der Waals surface area contributed by atoms with E-state index in [-0.39, 0.29) is 17.3 Å². The van der Waals surface area contributed by atoms with Crippen molar-refractivity contribution in [3.63, 3.8) is 0 Å². The number of aromatic nitrogens is 6. The molecule has 0 aliphatic rings. The predicted octanol–water partition coefficient (Wildman–Crippen LogP) is 4.49. The first-order valence-corrected chi connectivity index (χ1v) is 12.3. The van der Waals surface area contributed by atoms with Gasteiger partial charge in [-0.1, -0.05) is 58.7 Å². The first kappa shape index (κ1) is 25.8. The second-order valence-electron chi connectivity index (χ2n) is 8.41. The second-order valence-corrected chi connectivity index (χ2v) is 9.23. The maximum atomic E-state index is 13.4. The van der Waals surface area contributed by atoms with E-state index in [4.69, 9.17) is 28.5 Å². The quantitative estimate of drug-likeness (QED) is 0.312. The topological polar surface area (TPSA) is 131 Å². The first-order valence-electron chi connectivity index (χ1n) is 11.6. The predicted molar refractivity (Wildman–Crippen MR) is 146 cm³/mol. The molecular formula is C27H18Cl2N8O2. The molecule has 3 heterocycles. The molecule has 0 fully saturated rings. The molecule has 5 aromatic rings. The molecule has 0 saturated carbocycles. The number of pyridine rings is 1. The Kier molecular flexibility index (Phi) is 7.45. The van der Waals surface area contributed by atoms with Gasteiger partial charge in [-0.25, -0.2) is 14.6 Å².